The van der Waals surface area contributed by atoms with Gasteiger partial charge in [-0.2, -0.15) is 0 Å². The highest BCUT2D eigenvalue weighted by molar-refractivity contribution is 5.96. The maximum absolute atomic E-state index is 13.1. The predicted octanol–water partition coefficient (Wildman–Crippen LogP) is 3.93. The smallest absolute Gasteiger partial charge is 0.339 e. The molecule has 174 valence electrons. The molecule has 7 heteroatoms. The van der Waals surface area contributed by atoms with Crippen LogP contribution in [-0.4, -0.2) is 48.7 Å². The SMILES string of the molecule is C=CCc1c(OC)cccc1C(=O)NC1CC2CCC(C1)N2c1ccc(C(=O)OCC)cn1. The lowest BCUT2D eigenvalue weighted by Crippen LogP contribution is -2.50. The molecule has 2 atom stereocenters. The zero-order valence-corrected chi connectivity index (χ0v) is 19.3. The Balaban J connectivity index is 1.44. The van der Waals surface area contributed by atoms with E-state index in [1.165, 1.54) is 0 Å². The minimum absolute atomic E-state index is 0.0690. The zero-order valence-electron chi connectivity index (χ0n) is 19.3. The van der Waals surface area contributed by atoms with Crippen LogP contribution in [0.4, 0.5) is 5.82 Å². The van der Waals surface area contributed by atoms with Crippen LogP contribution in [0.1, 0.15) is 58.9 Å². The van der Waals surface area contributed by atoms with Gasteiger partial charge in [0, 0.05) is 35.4 Å². The molecule has 2 aromatic rings. The highest BCUT2D eigenvalue weighted by atomic mass is 16.5. The zero-order chi connectivity index (χ0) is 23.4. The van der Waals surface area contributed by atoms with Gasteiger partial charge in [0.2, 0.25) is 0 Å². The number of rotatable bonds is 8. The quantitative estimate of drug-likeness (QED) is 0.486. The fourth-order valence-electron chi connectivity index (χ4n) is 5.13. The maximum atomic E-state index is 13.1. The van der Waals surface area contributed by atoms with Crippen LogP contribution in [0.2, 0.25) is 0 Å². The van der Waals surface area contributed by atoms with E-state index in [1.54, 1.807) is 32.4 Å². The van der Waals surface area contributed by atoms with Crippen molar-refractivity contribution < 1.29 is 19.1 Å². The van der Waals surface area contributed by atoms with Crippen LogP contribution in [0.15, 0.2) is 49.2 Å². The molecule has 2 aliphatic heterocycles. The number of ether oxygens (including phenoxy) is 2. The number of nitrogens with zero attached hydrogens (tertiary/aromatic N) is 2. The number of hydrogen-bond donors (Lipinski definition) is 1. The summed E-state index contributed by atoms with van der Waals surface area (Å²) in [6.45, 7) is 5.94. The lowest BCUT2D eigenvalue weighted by molar-refractivity contribution is 0.0525. The molecule has 33 heavy (non-hydrogen) atoms. The van der Waals surface area contributed by atoms with Gasteiger partial charge in [0.1, 0.15) is 11.6 Å². The lowest BCUT2D eigenvalue weighted by atomic mass is 9.96. The monoisotopic (exact) mass is 449 g/mol. The number of nitrogens with one attached hydrogen (secondary N) is 1. The number of esters is 1. The van der Waals surface area contributed by atoms with Crippen LogP contribution in [0.3, 0.4) is 0 Å². The van der Waals surface area contributed by atoms with E-state index >= 15 is 0 Å². The molecule has 2 aliphatic rings. The van der Waals surface area contributed by atoms with Crippen molar-refractivity contribution in [2.75, 3.05) is 18.6 Å². The van der Waals surface area contributed by atoms with Crippen molar-refractivity contribution in [1.29, 1.82) is 0 Å². The third-order valence-corrected chi connectivity index (χ3v) is 6.54. The van der Waals surface area contributed by atoms with Gasteiger partial charge < -0.3 is 19.7 Å². The number of pyridine rings is 1. The van der Waals surface area contributed by atoms with Gasteiger partial charge in [0.25, 0.3) is 5.91 Å². The molecule has 0 radical (unpaired) electrons. The van der Waals surface area contributed by atoms with Gasteiger partial charge in [0.15, 0.2) is 0 Å². The van der Waals surface area contributed by atoms with Crippen LogP contribution in [0.5, 0.6) is 5.75 Å². The molecule has 4 rings (SSSR count). The van der Waals surface area contributed by atoms with E-state index in [-0.39, 0.29) is 17.9 Å². The number of aromatic nitrogens is 1. The minimum Gasteiger partial charge on any atom is -0.496 e. The normalized spacial score (nSPS) is 21.4. The summed E-state index contributed by atoms with van der Waals surface area (Å²) in [5, 5.41) is 3.26. The number of piperidine rings is 1. The number of amides is 1. The molecule has 0 spiro atoms. The van der Waals surface area contributed by atoms with E-state index in [1.807, 2.05) is 24.3 Å². The minimum atomic E-state index is -0.352. The average Bonchev–Trinajstić information content (AvgIpc) is 3.09. The number of allylic oxidation sites excluding steroid dienone is 1. The first kappa shape index (κ1) is 22.8. The molecule has 3 heterocycles. The fourth-order valence-corrected chi connectivity index (χ4v) is 5.13. The first-order valence-electron chi connectivity index (χ1n) is 11.5. The number of benzene rings is 1. The molecular formula is C26H31N3O4. The average molecular weight is 450 g/mol. The third-order valence-electron chi connectivity index (χ3n) is 6.54. The second-order valence-electron chi connectivity index (χ2n) is 8.54. The van der Waals surface area contributed by atoms with Crippen molar-refractivity contribution in [2.45, 2.75) is 57.2 Å². The summed E-state index contributed by atoms with van der Waals surface area (Å²) in [6, 6.07) is 9.96. The van der Waals surface area contributed by atoms with Gasteiger partial charge in [-0.15, -0.1) is 6.58 Å². The van der Waals surface area contributed by atoms with Crippen LogP contribution >= 0.6 is 0 Å². The molecular weight excluding hydrogens is 418 g/mol. The third kappa shape index (κ3) is 4.72. The Morgan fingerprint density at radius 2 is 1.97 bits per heavy atom. The Hall–Kier alpha value is -3.35. The van der Waals surface area contributed by atoms with Gasteiger partial charge >= 0.3 is 5.97 Å². The topological polar surface area (TPSA) is 80.8 Å². The van der Waals surface area contributed by atoms with Crippen molar-refractivity contribution in [1.82, 2.24) is 10.3 Å². The van der Waals surface area contributed by atoms with Crippen molar-refractivity contribution >= 4 is 17.7 Å². The van der Waals surface area contributed by atoms with Crippen LogP contribution in [-0.2, 0) is 11.2 Å². The molecule has 0 aliphatic carbocycles. The first-order chi connectivity index (χ1) is 16.0. The molecule has 2 fully saturated rings. The van der Waals surface area contributed by atoms with Crippen molar-refractivity contribution in [3.63, 3.8) is 0 Å². The van der Waals surface area contributed by atoms with Gasteiger partial charge in [-0.3, -0.25) is 4.79 Å². The second kappa shape index (κ2) is 10.1. The van der Waals surface area contributed by atoms with Gasteiger partial charge in [0.05, 0.1) is 19.3 Å². The summed E-state index contributed by atoms with van der Waals surface area (Å²) in [7, 11) is 1.62. The Labute approximate surface area is 194 Å². The van der Waals surface area contributed by atoms with Crippen molar-refractivity contribution in [3.05, 3.63) is 65.9 Å². The summed E-state index contributed by atoms with van der Waals surface area (Å²) in [6.07, 6.45) is 7.81. The van der Waals surface area contributed by atoms with Gasteiger partial charge in [-0.05, 0) is 63.3 Å². The largest absolute Gasteiger partial charge is 0.496 e. The van der Waals surface area contributed by atoms with Crippen LogP contribution in [0, 0.1) is 0 Å². The number of methoxy groups -OCH3 is 1. The molecule has 1 amide bonds. The van der Waals surface area contributed by atoms with Crippen molar-refractivity contribution in [2.24, 2.45) is 0 Å². The van der Waals surface area contributed by atoms with Gasteiger partial charge in [-0.1, -0.05) is 12.1 Å². The highest BCUT2D eigenvalue weighted by Crippen LogP contribution is 2.38. The van der Waals surface area contributed by atoms with E-state index in [0.29, 0.717) is 42.0 Å². The molecule has 2 saturated heterocycles. The summed E-state index contributed by atoms with van der Waals surface area (Å²) in [5.41, 5.74) is 1.96. The Kier molecular flexibility index (Phi) is 6.96. The molecule has 2 bridgehead atoms. The molecule has 1 aromatic heterocycles. The Morgan fingerprint density at radius 1 is 1.21 bits per heavy atom. The number of carbonyl (C=O) groups is 2. The highest BCUT2D eigenvalue weighted by Gasteiger charge is 2.42. The first-order valence-corrected chi connectivity index (χ1v) is 11.5. The van der Waals surface area contributed by atoms with E-state index in [2.05, 4.69) is 21.8 Å². The molecule has 2 unspecified atom stereocenters. The van der Waals surface area contributed by atoms with Crippen LogP contribution < -0.4 is 15.0 Å². The summed E-state index contributed by atoms with van der Waals surface area (Å²) < 4.78 is 10.5. The predicted molar refractivity (Wildman–Crippen MR) is 127 cm³/mol. The number of carbonyl (C=O) groups excluding carboxylic acids is 2. The Morgan fingerprint density at radius 3 is 2.58 bits per heavy atom. The maximum Gasteiger partial charge on any atom is 0.339 e. The number of hydrogen-bond acceptors (Lipinski definition) is 6. The molecule has 0 saturated carbocycles. The molecule has 1 aromatic carbocycles. The Bertz CT molecular complexity index is 1010. The van der Waals surface area contributed by atoms with E-state index in [4.69, 9.17) is 9.47 Å². The second-order valence-corrected chi connectivity index (χ2v) is 8.54. The summed E-state index contributed by atoms with van der Waals surface area (Å²) >= 11 is 0. The van der Waals surface area contributed by atoms with E-state index in [0.717, 1.165) is 37.1 Å². The lowest BCUT2D eigenvalue weighted by Gasteiger charge is -2.40. The van der Waals surface area contributed by atoms with Gasteiger partial charge in [-0.25, -0.2) is 9.78 Å². The van der Waals surface area contributed by atoms with E-state index < -0.39 is 0 Å². The van der Waals surface area contributed by atoms with Crippen molar-refractivity contribution in [3.8, 4) is 5.75 Å². The molecule has 7 nitrogen and oxygen atoms in total. The number of fused-ring (bicyclic) bond motifs is 2. The molecule has 1 N–H and O–H groups in total. The summed E-state index contributed by atoms with van der Waals surface area (Å²) in [4.78, 5) is 32.0. The standard InChI is InChI=1S/C26H31N3O4/c1-4-7-21-22(8-6-9-23(21)32-3)25(30)28-18-14-19-11-12-20(15-18)29(19)24-13-10-17(16-27-24)26(31)33-5-2/h4,6,8-10,13,16,18-20H,1,5,7,11-12,14-15H2,2-3H3,(H,28,30). The van der Waals surface area contributed by atoms with Crippen LogP contribution in [0.25, 0.3) is 0 Å². The number of anilines is 1. The summed E-state index contributed by atoms with van der Waals surface area (Å²) in [5.74, 6) is 1.16. The fraction of sp³-hybridized carbons (Fsp3) is 0.423. The van der Waals surface area contributed by atoms with E-state index in [9.17, 15) is 9.59 Å².